The number of nitrogens with zero attached hydrogens (tertiary/aromatic N) is 1. The molecule has 0 aromatic carbocycles. The summed E-state index contributed by atoms with van der Waals surface area (Å²) in [5, 5.41) is 18.5. The van der Waals surface area contributed by atoms with E-state index in [1.165, 1.54) is 0 Å². The summed E-state index contributed by atoms with van der Waals surface area (Å²) in [5.41, 5.74) is -1.12. The van der Waals surface area contributed by atoms with Gasteiger partial charge < -0.3 is 5.11 Å². The molecule has 0 saturated heterocycles. The summed E-state index contributed by atoms with van der Waals surface area (Å²) in [7, 11) is 0. The van der Waals surface area contributed by atoms with E-state index in [2.05, 4.69) is 12.2 Å². The van der Waals surface area contributed by atoms with Crippen molar-refractivity contribution in [2.45, 2.75) is 25.4 Å². The molecule has 4 atom stereocenters. The maximum atomic E-state index is 9.75. The zero-order chi connectivity index (χ0) is 8.77. The molecule has 2 aliphatic rings. The normalized spacial score (nSPS) is 42.6. The van der Waals surface area contributed by atoms with Gasteiger partial charge in [-0.15, -0.1) is 0 Å². The summed E-state index contributed by atoms with van der Waals surface area (Å²) in [6.45, 7) is 1.63. The largest absolute Gasteiger partial charge is 0.375 e. The maximum absolute atomic E-state index is 9.75. The number of nitriles is 1. The van der Waals surface area contributed by atoms with E-state index < -0.39 is 5.60 Å². The maximum Gasteiger partial charge on any atom is 0.151 e. The minimum atomic E-state index is -1.12. The fourth-order valence-electron chi connectivity index (χ4n) is 2.51. The highest BCUT2D eigenvalue weighted by Gasteiger charge is 2.45. The number of hydrogen-bond donors (Lipinski definition) is 1. The molecule has 2 aliphatic carbocycles. The van der Waals surface area contributed by atoms with Gasteiger partial charge in [-0.1, -0.05) is 12.2 Å². The molecular weight excluding hydrogens is 150 g/mol. The number of hydrogen-bond acceptors (Lipinski definition) is 2. The van der Waals surface area contributed by atoms with Gasteiger partial charge in [0.2, 0.25) is 0 Å². The van der Waals surface area contributed by atoms with Crippen molar-refractivity contribution in [3.05, 3.63) is 12.2 Å². The Bertz CT molecular complexity index is 262. The van der Waals surface area contributed by atoms with Crippen LogP contribution in [0.3, 0.4) is 0 Å². The van der Waals surface area contributed by atoms with Crippen molar-refractivity contribution in [2.75, 3.05) is 0 Å². The lowest BCUT2D eigenvalue weighted by molar-refractivity contribution is 0.0412. The van der Waals surface area contributed by atoms with E-state index in [0.717, 1.165) is 12.8 Å². The van der Waals surface area contributed by atoms with E-state index in [1.54, 1.807) is 6.92 Å². The molecule has 1 N–H and O–H groups in total. The van der Waals surface area contributed by atoms with E-state index in [0.29, 0.717) is 11.8 Å². The van der Waals surface area contributed by atoms with Gasteiger partial charge >= 0.3 is 0 Å². The van der Waals surface area contributed by atoms with Gasteiger partial charge in [0.1, 0.15) is 0 Å². The molecule has 0 amide bonds. The van der Waals surface area contributed by atoms with E-state index >= 15 is 0 Å². The third-order valence-corrected chi connectivity index (χ3v) is 3.23. The second-order valence-corrected chi connectivity index (χ2v) is 4.15. The molecule has 0 aliphatic heterocycles. The minimum absolute atomic E-state index is 0.164. The summed E-state index contributed by atoms with van der Waals surface area (Å²) in [6.07, 6.45) is 6.50. The summed E-state index contributed by atoms with van der Waals surface area (Å²) in [4.78, 5) is 0. The smallest absolute Gasteiger partial charge is 0.151 e. The van der Waals surface area contributed by atoms with Crippen molar-refractivity contribution in [3.63, 3.8) is 0 Å². The monoisotopic (exact) mass is 163 g/mol. The Kier molecular flexibility index (Phi) is 1.52. The molecule has 64 valence electrons. The van der Waals surface area contributed by atoms with Gasteiger partial charge in [0.25, 0.3) is 0 Å². The van der Waals surface area contributed by atoms with Gasteiger partial charge in [0, 0.05) is 5.92 Å². The van der Waals surface area contributed by atoms with Gasteiger partial charge in [-0.05, 0) is 31.6 Å². The summed E-state index contributed by atoms with van der Waals surface area (Å²) in [5.74, 6) is 1.24. The summed E-state index contributed by atoms with van der Waals surface area (Å²) < 4.78 is 0. The first kappa shape index (κ1) is 7.82. The van der Waals surface area contributed by atoms with Crippen molar-refractivity contribution in [3.8, 4) is 6.07 Å². The van der Waals surface area contributed by atoms with E-state index in [9.17, 15) is 5.11 Å². The Morgan fingerprint density at radius 1 is 1.50 bits per heavy atom. The average Bonchev–Trinajstić information content (AvgIpc) is 2.64. The van der Waals surface area contributed by atoms with Crippen LogP contribution in [0.25, 0.3) is 0 Å². The first-order chi connectivity index (χ1) is 5.63. The molecular formula is C10H13NO. The highest BCUT2D eigenvalue weighted by Crippen LogP contribution is 2.47. The lowest BCUT2D eigenvalue weighted by Gasteiger charge is -2.27. The average molecular weight is 163 g/mol. The third kappa shape index (κ3) is 0.971. The zero-order valence-electron chi connectivity index (χ0n) is 7.20. The van der Waals surface area contributed by atoms with Crippen LogP contribution in [0.15, 0.2) is 12.2 Å². The molecule has 0 spiro atoms. The summed E-state index contributed by atoms with van der Waals surface area (Å²) in [6, 6.07) is 1.99. The first-order valence-electron chi connectivity index (χ1n) is 4.45. The molecule has 1 fully saturated rings. The molecule has 4 unspecified atom stereocenters. The van der Waals surface area contributed by atoms with Crippen LogP contribution in [-0.2, 0) is 0 Å². The molecule has 1 saturated carbocycles. The Hall–Kier alpha value is -0.810. The predicted octanol–water partition coefficient (Wildman–Crippen LogP) is 1.47. The molecule has 2 nitrogen and oxygen atoms in total. The molecule has 0 heterocycles. The first-order valence-corrected chi connectivity index (χ1v) is 4.45. The number of fused-ring (bicyclic) bond motifs is 2. The Morgan fingerprint density at radius 2 is 2.25 bits per heavy atom. The topological polar surface area (TPSA) is 44.0 Å². The standard InChI is InChI=1S/C10H13NO/c1-10(12,6-11)9-5-7-2-3-8(9)4-7/h2-3,7-9,12H,4-5H2,1H3. The van der Waals surface area contributed by atoms with Gasteiger partial charge in [0.05, 0.1) is 6.07 Å². The molecule has 2 heteroatoms. The van der Waals surface area contributed by atoms with E-state index in [-0.39, 0.29) is 5.92 Å². The molecule has 2 rings (SSSR count). The highest BCUT2D eigenvalue weighted by molar-refractivity contribution is 5.17. The Balaban J connectivity index is 2.19. The third-order valence-electron chi connectivity index (χ3n) is 3.23. The molecule has 12 heavy (non-hydrogen) atoms. The number of allylic oxidation sites excluding steroid dienone is 2. The van der Waals surface area contributed by atoms with Crippen LogP contribution in [0, 0.1) is 29.1 Å². The molecule has 0 aromatic rings. The minimum Gasteiger partial charge on any atom is -0.375 e. The van der Waals surface area contributed by atoms with Crippen molar-refractivity contribution in [1.82, 2.24) is 0 Å². The molecule has 0 radical (unpaired) electrons. The second-order valence-electron chi connectivity index (χ2n) is 4.15. The fraction of sp³-hybridized carbons (Fsp3) is 0.700. The number of rotatable bonds is 1. The van der Waals surface area contributed by atoms with Crippen LogP contribution in [0.5, 0.6) is 0 Å². The molecule has 0 aromatic heterocycles. The SMILES string of the molecule is CC(O)(C#N)C1CC2C=CC1C2. The zero-order valence-corrected chi connectivity index (χ0v) is 7.20. The lowest BCUT2D eigenvalue weighted by atomic mass is 9.80. The van der Waals surface area contributed by atoms with Gasteiger partial charge in [0.15, 0.2) is 5.60 Å². The van der Waals surface area contributed by atoms with Crippen LogP contribution in [-0.4, -0.2) is 10.7 Å². The van der Waals surface area contributed by atoms with Crippen molar-refractivity contribution in [1.29, 1.82) is 5.26 Å². The quantitative estimate of drug-likeness (QED) is 0.470. The van der Waals surface area contributed by atoms with E-state index in [4.69, 9.17) is 5.26 Å². The second kappa shape index (κ2) is 2.34. The van der Waals surface area contributed by atoms with Crippen molar-refractivity contribution >= 4 is 0 Å². The molecule has 2 bridgehead atoms. The van der Waals surface area contributed by atoms with Gasteiger partial charge in [-0.2, -0.15) is 5.26 Å². The Morgan fingerprint density at radius 3 is 2.67 bits per heavy atom. The Labute approximate surface area is 72.5 Å². The highest BCUT2D eigenvalue weighted by atomic mass is 16.3. The van der Waals surface area contributed by atoms with Crippen LogP contribution in [0.2, 0.25) is 0 Å². The van der Waals surface area contributed by atoms with Gasteiger partial charge in [-0.3, -0.25) is 0 Å². The summed E-state index contributed by atoms with van der Waals surface area (Å²) >= 11 is 0. The van der Waals surface area contributed by atoms with Crippen molar-refractivity contribution < 1.29 is 5.11 Å². The van der Waals surface area contributed by atoms with E-state index in [1.807, 2.05) is 6.07 Å². The number of aliphatic hydroxyl groups is 1. The van der Waals surface area contributed by atoms with Crippen LogP contribution < -0.4 is 0 Å². The lowest BCUT2D eigenvalue weighted by Crippen LogP contribution is -2.35. The predicted molar refractivity (Wildman–Crippen MR) is 45.1 cm³/mol. The fourth-order valence-corrected chi connectivity index (χ4v) is 2.51. The van der Waals surface area contributed by atoms with Crippen LogP contribution in [0.4, 0.5) is 0 Å². The van der Waals surface area contributed by atoms with Crippen LogP contribution in [0.1, 0.15) is 19.8 Å². The van der Waals surface area contributed by atoms with Crippen molar-refractivity contribution in [2.24, 2.45) is 17.8 Å². The van der Waals surface area contributed by atoms with Gasteiger partial charge in [-0.25, -0.2) is 0 Å². The van der Waals surface area contributed by atoms with Crippen LogP contribution >= 0.6 is 0 Å².